The first-order valence-corrected chi connectivity index (χ1v) is 0.836. The third-order valence-electron chi connectivity index (χ3n) is 0. The van der Waals surface area contributed by atoms with Crippen LogP contribution in [-0.2, 0) is 29.7 Å². The van der Waals surface area contributed by atoms with Gasteiger partial charge in [-0.1, -0.05) is 5.40 Å². The Balaban J connectivity index is -0.00000000200. The van der Waals surface area contributed by atoms with Crippen LogP contribution in [0.25, 0.3) is 0 Å². The molecule has 8 heavy (non-hydrogen) atoms. The normalized spacial score (nSPS) is 0.875. The molecule has 0 rings (SSSR count). The minimum absolute atomic E-state index is 0. The zero-order valence-electron chi connectivity index (χ0n) is 5.66. The number of thiocyanates is 1. The van der Waals surface area contributed by atoms with E-state index < -0.39 is 0 Å². The number of rotatable bonds is 0. The maximum Gasteiger partial charge on any atom is 1.00 e. The van der Waals surface area contributed by atoms with Crippen LogP contribution in [0.5, 0.6) is 0 Å². The minimum Gasteiger partial charge on any atom is -0.696 e. The number of nitriles is 1. The molecule has 0 aliphatic heterocycles. The van der Waals surface area contributed by atoms with Gasteiger partial charge in [0.15, 0.2) is 0 Å². The fourth-order valence-electron chi connectivity index (χ4n) is 0. The van der Waals surface area contributed by atoms with Gasteiger partial charge in [0.25, 0.3) is 0 Å². The molecule has 0 N–H and O–H groups in total. The Kier molecular flexibility index (Phi) is 563. The molecule has 0 atom stereocenters. The maximum absolute atomic E-state index is 7.13. The van der Waals surface area contributed by atoms with Gasteiger partial charge in [-0.25, -0.2) is 5.26 Å². The molecule has 0 aromatic rings. The Labute approximate surface area is 92.2 Å². The average molecular weight is 166 g/mol. The molecule has 1 nitrogen and oxygen atoms in total. The Morgan fingerprint density at radius 2 is 1.12 bits per heavy atom. The Morgan fingerprint density at radius 3 is 1.12 bits per heavy atom. The van der Waals surface area contributed by atoms with Crippen LogP contribution in [0.3, 0.4) is 0 Å². The number of hydrogen-bond acceptors (Lipinski definition) is 2. The molecule has 0 aliphatic rings. The first-order chi connectivity index (χ1) is 1.41. The predicted octanol–water partition coefficient (Wildman–Crippen LogP) is -5.08. The molecule has 0 aromatic heterocycles. The molecule has 0 amide bonds. The van der Waals surface area contributed by atoms with E-state index in [-0.39, 0.29) is 69.6 Å². The van der Waals surface area contributed by atoms with Crippen LogP contribution in [-0.4, -0.2) is 0 Å². The second kappa shape index (κ2) is 79.0. The van der Waals surface area contributed by atoms with Gasteiger partial charge in [-0.3, -0.25) is 0 Å². The average Bonchev–Trinajstić information content (AvgIpc) is 0.918. The van der Waals surface area contributed by atoms with Crippen molar-refractivity contribution < 1.29 is 54.8 Å². The summed E-state index contributed by atoms with van der Waals surface area (Å²) >= 11 is 3.70. The summed E-state index contributed by atoms with van der Waals surface area (Å²) in [5.41, 5.74) is 0. The Morgan fingerprint density at radius 1 is 1.12 bits per heavy atom. The molecule has 0 spiro atoms. The van der Waals surface area contributed by atoms with Gasteiger partial charge in [0, 0.05) is 0 Å². The summed E-state index contributed by atoms with van der Waals surface area (Å²) in [6.07, 6.45) is 0. The zero-order valence-corrected chi connectivity index (χ0v) is 7.42. The van der Waals surface area contributed by atoms with E-state index >= 15 is 0 Å². The third kappa shape index (κ3) is 151. The quantitative estimate of drug-likeness (QED) is 0.155. The van der Waals surface area contributed by atoms with E-state index in [9.17, 15) is 0 Å². The maximum atomic E-state index is 7.13. The summed E-state index contributed by atoms with van der Waals surface area (Å²) < 4.78 is 0. The smallest absolute Gasteiger partial charge is 0.696 e. The summed E-state index contributed by atoms with van der Waals surface area (Å²) in [5.74, 6) is 0. The van der Waals surface area contributed by atoms with Crippen molar-refractivity contribution in [2.75, 3.05) is 0 Å². The molecular formula is C3H6CuLi2NS. The van der Waals surface area contributed by atoms with Crippen molar-refractivity contribution in [3.8, 4) is 5.40 Å². The minimum atomic E-state index is 0. The first kappa shape index (κ1) is 57.0. The SMILES string of the molecule is N#C[S-].[CH3-].[CH3-].[Cu+].[Li+].[Li+]. The van der Waals surface area contributed by atoms with Gasteiger partial charge in [-0.05, 0) is 0 Å². The molecule has 0 bridgehead atoms. The van der Waals surface area contributed by atoms with E-state index in [0.29, 0.717) is 0 Å². The molecule has 0 fully saturated rings. The van der Waals surface area contributed by atoms with Crippen molar-refractivity contribution in [1.82, 2.24) is 0 Å². The summed E-state index contributed by atoms with van der Waals surface area (Å²) in [7, 11) is 0. The molecule has 0 heterocycles. The van der Waals surface area contributed by atoms with Gasteiger partial charge in [-0.15, -0.1) is 0 Å². The molecule has 0 saturated heterocycles. The van der Waals surface area contributed by atoms with E-state index in [1.807, 2.05) is 0 Å². The molecule has 0 radical (unpaired) electrons. The van der Waals surface area contributed by atoms with Crippen molar-refractivity contribution in [2.45, 2.75) is 0 Å². The summed E-state index contributed by atoms with van der Waals surface area (Å²) in [5, 5.41) is 8.47. The summed E-state index contributed by atoms with van der Waals surface area (Å²) in [6, 6.07) is 0. The van der Waals surface area contributed by atoms with Crippen LogP contribution in [0.2, 0.25) is 0 Å². The molecule has 0 aliphatic carbocycles. The largest absolute Gasteiger partial charge is 1.00 e. The van der Waals surface area contributed by atoms with Crippen LogP contribution < -0.4 is 37.7 Å². The van der Waals surface area contributed by atoms with Crippen molar-refractivity contribution in [3.05, 3.63) is 14.9 Å². The van der Waals surface area contributed by atoms with Gasteiger partial charge in [0.2, 0.25) is 0 Å². The van der Waals surface area contributed by atoms with E-state index in [4.69, 9.17) is 5.26 Å². The predicted molar refractivity (Wildman–Crippen MR) is 25.8 cm³/mol. The van der Waals surface area contributed by atoms with Gasteiger partial charge < -0.3 is 27.5 Å². The van der Waals surface area contributed by atoms with Crippen molar-refractivity contribution in [2.24, 2.45) is 0 Å². The van der Waals surface area contributed by atoms with Gasteiger partial charge in [0.05, 0.1) is 0 Å². The van der Waals surface area contributed by atoms with Crippen LogP contribution in [0.15, 0.2) is 0 Å². The molecule has 42 valence electrons. The fraction of sp³-hybridized carbons (Fsp3) is 0. The van der Waals surface area contributed by atoms with Crippen LogP contribution in [0, 0.1) is 25.5 Å². The van der Waals surface area contributed by atoms with E-state index in [0.717, 1.165) is 0 Å². The standard InChI is InChI=1S/CHNS.2CH3.Cu.2Li/c2-1-3;;;;;/h3H;2*1H3;;;/q;2*-1;3*+1/p-1. The number of nitrogens with zero attached hydrogens (tertiary/aromatic N) is 1. The van der Waals surface area contributed by atoms with Crippen LogP contribution >= 0.6 is 0 Å². The zero-order chi connectivity index (χ0) is 2.71. The summed E-state index contributed by atoms with van der Waals surface area (Å²) in [4.78, 5) is 0. The Hall–Kier alpha value is 1.42. The van der Waals surface area contributed by atoms with E-state index in [1.165, 1.54) is 5.40 Å². The van der Waals surface area contributed by atoms with Crippen LogP contribution in [0.4, 0.5) is 0 Å². The van der Waals surface area contributed by atoms with E-state index in [2.05, 4.69) is 12.6 Å². The van der Waals surface area contributed by atoms with Crippen molar-refractivity contribution >= 4 is 12.6 Å². The molecule has 0 aromatic carbocycles. The fourth-order valence-corrected chi connectivity index (χ4v) is 0. The molecule has 5 heteroatoms. The van der Waals surface area contributed by atoms with E-state index in [1.54, 1.807) is 0 Å². The molecule has 0 saturated carbocycles. The van der Waals surface area contributed by atoms with Crippen molar-refractivity contribution in [1.29, 1.82) is 5.26 Å². The van der Waals surface area contributed by atoms with Gasteiger partial charge in [0.1, 0.15) is 0 Å². The molecular weight excluding hydrogens is 160 g/mol. The summed E-state index contributed by atoms with van der Waals surface area (Å²) in [6.45, 7) is 0. The van der Waals surface area contributed by atoms with Crippen LogP contribution in [0.1, 0.15) is 0 Å². The topological polar surface area (TPSA) is 23.8 Å². The monoisotopic (exact) mass is 165 g/mol. The number of hydrogen-bond donors (Lipinski definition) is 0. The second-order valence-corrected chi connectivity index (χ2v) is 0.274. The Bertz CT molecular complexity index is 38.8. The van der Waals surface area contributed by atoms with Gasteiger partial charge in [-0.2, -0.15) is 0 Å². The first-order valence-electron chi connectivity index (χ1n) is 0.428. The van der Waals surface area contributed by atoms with Gasteiger partial charge >= 0.3 is 54.8 Å². The molecule has 0 unspecified atom stereocenters. The second-order valence-electron chi connectivity index (χ2n) is 0.0913. The third-order valence-corrected chi connectivity index (χ3v) is 0. The van der Waals surface area contributed by atoms with Crippen molar-refractivity contribution in [3.63, 3.8) is 0 Å².